The van der Waals surface area contributed by atoms with Crippen LogP contribution in [0, 0.1) is 11.8 Å². The van der Waals surface area contributed by atoms with Crippen LogP contribution in [0.2, 0.25) is 0 Å². The first-order valence-corrected chi connectivity index (χ1v) is 7.02. The predicted octanol–water partition coefficient (Wildman–Crippen LogP) is 1.59. The monoisotopic (exact) mass is 301 g/mol. The molecule has 0 aliphatic carbocycles. The van der Waals surface area contributed by atoms with Gasteiger partial charge in [0, 0.05) is 18.5 Å². The smallest absolute Gasteiger partial charge is 0.349 e. The number of hydrogen-bond acceptors (Lipinski definition) is 4. The molecule has 2 aromatic rings. The van der Waals surface area contributed by atoms with Crippen LogP contribution in [0.25, 0.3) is 11.0 Å². The molecule has 0 radical (unpaired) electrons. The molecule has 114 valence electrons. The van der Waals surface area contributed by atoms with E-state index in [4.69, 9.17) is 9.52 Å². The Labute approximate surface area is 126 Å². The van der Waals surface area contributed by atoms with Crippen LogP contribution in [0.4, 0.5) is 0 Å². The first-order valence-electron chi connectivity index (χ1n) is 7.02. The maximum Gasteiger partial charge on any atom is 0.349 e. The standard InChI is InChI=1S/C16H15NO5/c1-9-7-17(8-12(9)15(19)20)14(18)11-6-10-4-2-3-5-13(10)22-16(11)21/h2-6,9,12H,7-8H2,1H3,(H,19,20)/t9-,12-/m1/s1. The Morgan fingerprint density at radius 3 is 2.68 bits per heavy atom. The molecule has 0 spiro atoms. The van der Waals surface area contributed by atoms with E-state index in [1.54, 1.807) is 31.2 Å². The SMILES string of the molecule is C[C@@H]1CN(C(=O)c2cc3ccccc3oc2=O)C[C@H]1C(=O)O. The van der Waals surface area contributed by atoms with Gasteiger partial charge in [-0.2, -0.15) is 0 Å². The number of fused-ring (bicyclic) bond motifs is 1. The van der Waals surface area contributed by atoms with E-state index in [0.29, 0.717) is 17.5 Å². The summed E-state index contributed by atoms with van der Waals surface area (Å²) in [5, 5.41) is 9.79. The molecule has 1 aromatic carbocycles. The minimum absolute atomic E-state index is 0.0584. The Morgan fingerprint density at radius 1 is 1.27 bits per heavy atom. The van der Waals surface area contributed by atoms with Crippen molar-refractivity contribution < 1.29 is 19.1 Å². The fourth-order valence-corrected chi connectivity index (χ4v) is 2.84. The Balaban J connectivity index is 1.94. The summed E-state index contributed by atoms with van der Waals surface area (Å²) >= 11 is 0. The van der Waals surface area contributed by atoms with Crippen LogP contribution in [0.3, 0.4) is 0 Å². The molecule has 1 fully saturated rings. The molecule has 1 saturated heterocycles. The zero-order chi connectivity index (χ0) is 15.9. The van der Waals surface area contributed by atoms with Crippen molar-refractivity contribution in [2.75, 3.05) is 13.1 Å². The quantitative estimate of drug-likeness (QED) is 0.851. The number of carbonyl (C=O) groups excluding carboxylic acids is 1. The maximum absolute atomic E-state index is 12.5. The second-order valence-electron chi connectivity index (χ2n) is 5.62. The molecule has 1 amide bonds. The number of carboxylic acids is 1. The number of nitrogens with zero attached hydrogens (tertiary/aromatic N) is 1. The fraction of sp³-hybridized carbons (Fsp3) is 0.312. The first-order chi connectivity index (χ1) is 10.5. The summed E-state index contributed by atoms with van der Waals surface area (Å²) in [5.74, 6) is -2.14. The number of hydrogen-bond donors (Lipinski definition) is 1. The molecule has 1 aliphatic heterocycles. The highest BCUT2D eigenvalue weighted by molar-refractivity contribution is 5.97. The van der Waals surface area contributed by atoms with Crippen LogP contribution in [0.1, 0.15) is 17.3 Å². The molecular formula is C16H15NO5. The summed E-state index contributed by atoms with van der Waals surface area (Å²) in [7, 11) is 0. The van der Waals surface area contributed by atoms with E-state index in [9.17, 15) is 14.4 Å². The molecule has 1 aliphatic rings. The van der Waals surface area contributed by atoms with Crippen molar-refractivity contribution in [3.8, 4) is 0 Å². The van der Waals surface area contributed by atoms with Crippen molar-refractivity contribution in [3.63, 3.8) is 0 Å². The summed E-state index contributed by atoms with van der Waals surface area (Å²) in [6, 6.07) is 8.44. The van der Waals surface area contributed by atoms with Gasteiger partial charge in [0.2, 0.25) is 0 Å². The van der Waals surface area contributed by atoms with Gasteiger partial charge in [-0.15, -0.1) is 0 Å². The lowest BCUT2D eigenvalue weighted by molar-refractivity contribution is -0.142. The minimum Gasteiger partial charge on any atom is -0.481 e. The number of aliphatic carboxylic acids is 1. The highest BCUT2D eigenvalue weighted by atomic mass is 16.4. The first kappa shape index (κ1) is 14.3. The van der Waals surface area contributed by atoms with Crippen molar-refractivity contribution in [1.82, 2.24) is 4.90 Å². The van der Waals surface area contributed by atoms with Gasteiger partial charge in [-0.3, -0.25) is 9.59 Å². The van der Waals surface area contributed by atoms with Crippen molar-refractivity contribution in [1.29, 1.82) is 0 Å². The second kappa shape index (κ2) is 5.29. The van der Waals surface area contributed by atoms with Crippen LogP contribution < -0.4 is 5.63 Å². The summed E-state index contributed by atoms with van der Waals surface area (Å²) in [6.07, 6.45) is 0. The maximum atomic E-state index is 12.5. The van der Waals surface area contributed by atoms with Gasteiger partial charge in [0.15, 0.2) is 0 Å². The van der Waals surface area contributed by atoms with Gasteiger partial charge in [-0.05, 0) is 18.1 Å². The van der Waals surface area contributed by atoms with Crippen LogP contribution in [0.5, 0.6) is 0 Å². The number of carbonyl (C=O) groups is 2. The van der Waals surface area contributed by atoms with Crippen molar-refractivity contribution >= 4 is 22.8 Å². The molecule has 0 unspecified atom stereocenters. The summed E-state index contributed by atoms with van der Waals surface area (Å²) < 4.78 is 5.16. The van der Waals surface area contributed by atoms with Crippen LogP contribution in [0.15, 0.2) is 39.5 Å². The van der Waals surface area contributed by atoms with E-state index >= 15 is 0 Å². The zero-order valence-electron chi connectivity index (χ0n) is 12.0. The van der Waals surface area contributed by atoms with Crippen molar-refractivity contribution in [3.05, 3.63) is 46.3 Å². The number of para-hydroxylation sites is 1. The number of amides is 1. The van der Waals surface area contributed by atoms with E-state index in [1.807, 2.05) is 0 Å². The third-order valence-electron chi connectivity index (χ3n) is 4.09. The van der Waals surface area contributed by atoms with Gasteiger partial charge in [0.25, 0.3) is 5.91 Å². The highest BCUT2D eigenvalue weighted by Crippen LogP contribution is 2.24. The largest absolute Gasteiger partial charge is 0.481 e. The molecule has 2 heterocycles. The molecule has 6 heteroatoms. The molecule has 0 bridgehead atoms. The van der Waals surface area contributed by atoms with E-state index in [0.717, 1.165) is 0 Å². The molecule has 3 rings (SSSR count). The Hall–Kier alpha value is -2.63. The van der Waals surface area contributed by atoms with E-state index in [1.165, 1.54) is 11.0 Å². The van der Waals surface area contributed by atoms with E-state index in [-0.39, 0.29) is 18.0 Å². The van der Waals surface area contributed by atoms with Gasteiger partial charge in [-0.25, -0.2) is 4.79 Å². The second-order valence-corrected chi connectivity index (χ2v) is 5.62. The van der Waals surface area contributed by atoms with Crippen molar-refractivity contribution in [2.24, 2.45) is 11.8 Å². The Kier molecular flexibility index (Phi) is 3.44. The van der Waals surface area contributed by atoms with Crippen LogP contribution in [-0.2, 0) is 4.79 Å². The average Bonchev–Trinajstić information content (AvgIpc) is 2.88. The van der Waals surface area contributed by atoms with Crippen LogP contribution >= 0.6 is 0 Å². The zero-order valence-corrected chi connectivity index (χ0v) is 12.0. The topological polar surface area (TPSA) is 87.8 Å². The van der Waals surface area contributed by atoms with Gasteiger partial charge >= 0.3 is 11.6 Å². The number of benzene rings is 1. The molecule has 2 atom stereocenters. The lowest BCUT2D eigenvalue weighted by Gasteiger charge is -2.15. The van der Waals surface area contributed by atoms with Gasteiger partial charge in [0.1, 0.15) is 11.1 Å². The lowest BCUT2D eigenvalue weighted by atomic mass is 9.99. The summed E-state index contributed by atoms with van der Waals surface area (Å²) in [4.78, 5) is 37.0. The predicted molar refractivity (Wildman–Crippen MR) is 78.7 cm³/mol. The molecule has 22 heavy (non-hydrogen) atoms. The van der Waals surface area contributed by atoms with Gasteiger partial charge in [-0.1, -0.05) is 25.1 Å². The van der Waals surface area contributed by atoms with Crippen LogP contribution in [-0.4, -0.2) is 35.0 Å². The lowest BCUT2D eigenvalue weighted by Crippen LogP contribution is -2.33. The Bertz CT molecular complexity index is 810. The minimum atomic E-state index is -0.923. The molecule has 1 N–H and O–H groups in total. The highest BCUT2D eigenvalue weighted by Gasteiger charge is 2.37. The summed E-state index contributed by atoms with van der Waals surface area (Å²) in [5.41, 5.74) is -0.339. The third kappa shape index (κ3) is 2.36. The third-order valence-corrected chi connectivity index (χ3v) is 4.09. The summed E-state index contributed by atoms with van der Waals surface area (Å²) in [6.45, 7) is 2.22. The average molecular weight is 301 g/mol. The normalized spacial score (nSPS) is 21.2. The Morgan fingerprint density at radius 2 is 2.00 bits per heavy atom. The van der Waals surface area contributed by atoms with Gasteiger partial charge < -0.3 is 14.4 Å². The number of likely N-dealkylation sites (tertiary alicyclic amines) is 1. The van der Waals surface area contributed by atoms with Crippen molar-refractivity contribution in [2.45, 2.75) is 6.92 Å². The molecule has 6 nitrogen and oxygen atoms in total. The molecule has 1 aromatic heterocycles. The molecule has 0 saturated carbocycles. The fourth-order valence-electron chi connectivity index (χ4n) is 2.84. The number of carboxylic acid groups (broad SMARTS) is 1. The van der Waals surface area contributed by atoms with E-state index < -0.39 is 23.4 Å². The number of rotatable bonds is 2. The van der Waals surface area contributed by atoms with Gasteiger partial charge in [0.05, 0.1) is 5.92 Å². The van der Waals surface area contributed by atoms with E-state index in [2.05, 4.69) is 0 Å². The molecular weight excluding hydrogens is 286 g/mol.